The minimum atomic E-state index is -0.0377. The number of rotatable bonds is 7. The number of hydrogen-bond donors (Lipinski definition) is 3. The number of halogens is 1. The van der Waals surface area contributed by atoms with Crippen LogP contribution in [0.1, 0.15) is 26.3 Å². The van der Waals surface area contributed by atoms with Gasteiger partial charge in [0.25, 0.3) is 0 Å². The van der Waals surface area contributed by atoms with Gasteiger partial charge in [-0.25, -0.2) is 4.99 Å². The molecule has 1 rings (SSSR count). The highest BCUT2D eigenvalue weighted by molar-refractivity contribution is 14.0. The molecule has 0 saturated carbocycles. The Morgan fingerprint density at radius 2 is 1.87 bits per heavy atom. The summed E-state index contributed by atoms with van der Waals surface area (Å²) in [5.41, 5.74) is 7.61. The molecule has 7 heteroatoms. The molecular weight excluding hydrogens is 407 g/mol. The molecule has 0 aliphatic rings. The summed E-state index contributed by atoms with van der Waals surface area (Å²) in [5.74, 6) is 0.359. The molecule has 0 heterocycles. The molecule has 6 nitrogen and oxygen atoms in total. The van der Waals surface area contributed by atoms with Crippen molar-refractivity contribution in [3.8, 4) is 0 Å². The van der Waals surface area contributed by atoms with Gasteiger partial charge in [-0.1, -0.05) is 26.0 Å². The lowest BCUT2D eigenvalue weighted by Crippen LogP contribution is -2.40. The van der Waals surface area contributed by atoms with Crippen molar-refractivity contribution in [3.05, 3.63) is 29.8 Å². The molecule has 0 aliphatic heterocycles. The number of guanidine groups is 1. The molecule has 1 aromatic rings. The fraction of sp³-hybridized carbons (Fsp3) is 0.500. The number of nitrogens with one attached hydrogen (secondary N) is 2. The van der Waals surface area contributed by atoms with Gasteiger partial charge in [-0.3, -0.25) is 4.79 Å². The van der Waals surface area contributed by atoms with Crippen LogP contribution in [0.4, 0.5) is 5.69 Å². The minimum absolute atomic E-state index is 0. The largest absolute Gasteiger partial charge is 0.383 e. The second-order valence-corrected chi connectivity index (χ2v) is 5.54. The van der Waals surface area contributed by atoms with Crippen molar-refractivity contribution in [1.82, 2.24) is 5.32 Å². The smallest absolute Gasteiger partial charge is 0.226 e. The van der Waals surface area contributed by atoms with Crippen LogP contribution in [0, 0.1) is 5.92 Å². The van der Waals surface area contributed by atoms with Crippen molar-refractivity contribution in [3.63, 3.8) is 0 Å². The van der Waals surface area contributed by atoms with Crippen LogP contribution >= 0.6 is 24.0 Å². The van der Waals surface area contributed by atoms with Crippen molar-refractivity contribution in [1.29, 1.82) is 0 Å². The summed E-state index contributed by atoms with van der Waals surface area (Å²) in [7, 11) is 1.64. The van der Waals surface area contributed by atoms with E-state index in [0.29, 0.717) is 19.1 Å². The van der Waals surface area contributed by atoms with E-state index in [-0.39, 0.29) is 41.8 Å². The molecule has 0 radical (unpaired) electrons. The van der Waals surface area contributed by atoms with Crippen LogP contribution in [0.3, 0.4) is 0 Å². The standard InChI is InChI=1S/C16H26N4O2.HI/c1-11(2)15(21)20-14-7-5-13(6-8-14)9-18-16(17)19-12(3)10-22-4;/h5-8,11-12H,9-10H2,1-4H3,(H,20,21)(H3,17,18,19);1H. The van der Waals surface area contributed by atoms with E-state index in [1.807, 2.05) is 45.0 Å². The van der Waals surface area contributed by atoms with Crippen LogP contribution in [-0.4, -0.2) is 31.6 Å². The maximum Gasteiger partial charge on any atom is 0.226 e. The third-order valence-electron chi connectivity index (χ3n) is 2.99. The predicted octanol–water partition coefficient (Wildman–Crippen LogP) is 2.34. The fourth-order valence-electron chi connectivity index (χ4n) is 1.75. The Labute approximate surface area is 155 Å². The van der Waals surface area contributed by atoms with E-state index in [1.165, 1.54) is 0 Å². The second-order valence-electron chi connectivity index (χ2n) is 5.54. The van der Waals surface area contributed by atoms with Crippen LogP contribution in [0.15, 0.2) is 29.3 Å². The topological polar surface area (TPSA) is 88.7 Å². The summed E-state index contributed by atoms with van der Waals surface area (Å²) >= 11 is 0. The molecule has 0 saturated heterocycles. The number of aliphatic imine (C=N–C) groups is 1. The van der Waals surface area contributed by atoms with Gasteiger partial charge in [-0.05, 0) is 24.6 Å². The lowest BCUT2D eigenvalue weighted by molar-refractivity contribution is -0.118. The maximum atomic E-state index is 11.6. The van der Waals surface area contributed by atoms with Gasteiger partial charge < -0.3 is 21.1 Å². The van der Waals surface area contributed by atoms with Gasteiger partial charge in [0.1, 0.15) is 0 Å². The first-order valence-corrected chi connectivity index (χ1v) is 7.37. The number of ether oxygens (including phenoxy) is 1. The van der Waals surface area contributed by atoms with Gasteiger partial charge in [-0.15, -0.1) is 24.0 Å². The summed E-state index contributed by atoms with van der Waals surface area (Å²) in [6.45, 7) is 6.74. The highest BCUT2D eigenvalue weighted by atomic mass is 127. The van der Waals surface area contributed by atoms with Crippen LogP contribution in [0.2, 0.25) is 0 Å². The number of nitrogens with zero attached hydrogens (tertiary/aromatic N) is 1. The normalized spacial score (nSPS) is 12.5. The van der Waals surface area contributed by atoms with Gasteiger partial charge in [0.05, 0.1) is 13.2 Å². The number of nitrogens with two attached hydrogens (primary N) is 1. The summed E-state index contributed by atoms with van der Waals surface area (Å²) in [5, 5.41) is 5.89. The van der Waals surface area contributed by atoms with Gasteiger partial charge in [0.2, 0.25) is 5.91 Å². The summed E-state index contributed by atoms with van der Waals surface area (Å²) < 4.78 is 5.02. The number of hydrogen-bond acceptors (Lipinski definition) is 3. The third-order valence-corrected chi connectivity index (χ3v) is 2.99. The van der Waals surface area contributed by atoms with Crippen molar-refractivity contribution >= 4 is 41.5 Å². The molecule has 0 aromatic heterocycles. The summed E-state index contributed by atoms with van der Waals surface area (Å²) in [4.78, 5) is 15.9. The Morgan fingerprint density at radius 3 is 2.39 bits per heavy atom. The molecule has 23 heavy (non-hydrogen) atoms. The number of benzene rings is 1. The average Bonchev–Trinajstić information content (AvgIpc) is 2.46. The lowest BCUT2D eigenvalue weighted by Gasteiger charge is -2.13. The van der Waals surface area contributed by atoms with E-state index in [0.717, 1.165) is 11.3 Å². The third kappa shape index (κ3) is 8.75. The Kier molecular flexibility index (Phi) is 10.6. The minimum Gasteiger partial charge on any atom is -0.383 e. The highest BCUT2D eigenvalue weighted by Gasteiger charge is 2.06. The summed E-state index contributed by atoms with van der Waals surface area (Å²) in [6.07, 6.45) is 0. The molecule has 1 atom stereocenters. The zero-order valence-electron chi connectivity index (χ0n) is 14.1. The monoisotopic (exact) mass is 434 g/mol. The molecule has 0 spiro atoms. The molecule has 0 aliphatic carbocycles. The van der Waals surface area contributed by atoms with Gasteiger partial charge >= 0.3 is 0 Å². The van der Waals surface area contributed by atoms with Crippen LogP contribution in [-0.2, 0) is 16.1 Å². The van der Waals surface area contributed by atoms with Crippen LogP contribution < -0.4 is 16.4 Å². The summed E-state index contributed by atoms with van der Waals surface area (Å²) in [6, 6.07) is 7.68. The fourth-order valence-corrected chi connectivity index (χ4v) is 1.75. The van der Waals surface area contributed by atoms with Gasteiger partial charge in [-0.2, -0.15) is 0 Å². The van der Waals surface area contributed by atoms with E-state index in [9.17, 15) is 4.79 Å². The van der Waals surface area contributed by atoms with E-state index >= 15 is 0 Å². The molecule has 1 amide bonds. The van der Waals surface area contributed by atoms with Crippen molar-refractivity contribution in [2.24, 2.45) is 16.6 Å². The first kappa shape index (κ1) is 21.6. The first-order chi connectivity index (χ1) is 10.4. The molecule has 130 valence electrons. The lowest BCUT2D eigenvalue weighted by atomic mass is 10.2. The van der Waals surface area contributed by atoms with E-state index in [4.69, 9.17) is 10.5 Å². The zero-order chi connectivity index (χ0) is 16.5. The average molecular weight is 434 g/mol. The van der Waals surface area contributed by atoms with Crippen molar-refractivity contribution in [2.75, 3.05) is 19.0 Å². The molecule has 1 unspecified atom stereocenters. The van der Waals surface area contributed by atoms with E-state index < -0.39 is 0 Å². The van der Waals surface area contributed by atoms with E-state index in [1.54, 1.807) is 7.11 Å². The highest BCUT2D eigenvalue weighted by Crippen LogP contribution is 2.11. The van der Waals surface area contributed by atoms with Crippen molar-refractivity contribution < 1.29 is 9.53 Å². The Balaban J connectivity index is 0.00000484. The Bertz CT molecular complexity index is 503. The Hall–Kier alpha value is -1.35. The SMILES string of the molecule is COCC(C)NC(N)=NCc1ccc(NC(=O)C(C)C)cc1.I. The van der Waals surface area contributed by atoms with Gasteiger partial charge in [0, 0.05) is 24.8 Å². The quantitative estimate of drug-likeness (QED) is 0.349. The van der Waals surface area contributed by atoms with Crippen LogP contribution in [0.25, 0.3) is 0 Å². The molecular formula is C16H27IN4O2. The Morgan fingerprint density at radius 1 is 1.26 bits per heavy atom. The second kappa shape index (κ2) is 11.2. The first-order valence-electron chi connectivity index (χ1n) is 7.37. The molecule has 1 aromatic carbocycles. The number of carbonyl (C=O) groups excluding carboxylic acids is 1. The van der Waals surface area contributed by atoms with Crippen LogP contribution in [0.5, 0.6) is 0 Å². The number of amides is 1. The number of carbonyl (C=O) groups is 1. The number of anilines is 1. The molecule has 0 bridgehead atoms. The zero-order valence-corrected chi connectivity index (χ0v) is 16.5. The van der Waals surface area contributed by atoms with Crippen molar-refractivity contribution in [2.45, 2.75) is 33.4 Å². The predicted molar refractivity (Wildman–Crippen MR) is 105 cm³/mol. The molecule has 4 N–H and O–H groups in total. The number of methoxy groups -OCH3 is 1. The van der Waals surface area contributed by atoms with E-state index in [2.05, 4.69) is 15.6 Å². The maximum absolute atomic E-state index is 11.6. The van der Waals surface area contributed by atoms with Gasteiger partial charge in [0.15, 0.2) is 5.96 Å². The molecule has 0 fully saturated rings.